The summed E-state index contributed by atoms with van der Waals surface area (Å²) in [6.45, 7) is 4.10. The maximum Gasteiger partial charge on any atom is 0.255 e. The molecule has 6 rings (SSSR count). The minimum Gasteiger partial charge on any atom is -0.494 e. The van der Waals surface area contributed by atoms with Crippen molar-refractivity contribution in [1.82, 2.24) is 14.7 Å². The highest BCUT2D eigenvalue weighted by Gasteiger charge is 2.42. The Balaban J connectivity index is 1.09. The third kappa shape index (κ3) is 5.52. The monoisotopic (exact) mass is 589 g/mol. The van der Waals surface area contributed by atoms with Crippen molar-refractivity contribution in [3.63, 3.8) is 0 Å². The maximum atomic E-state index is 14.2. The van der Waals surface area contributed by atoms with Crippen molar-refractivity contribution >= 4 is 23.4 Å². The van der Waals surface area contributed by atoms with Crippen LogP contribution in [0.5, 0.6) is 5.75 Å². The molecule has 0 saturated carbocycles. The lowest BCUT2D eigenvalue weighted by atomic mass is 9.77. The van der Waals surface area contributed by atoms with Gasteiger partial charge in [0, 0.05) is 32.2 Å². The van der Waals surface area contributed by atoms with E-state index in [9.17, 15) is 14.0 Å². The number of carbonyl (C=O) groups is 2. The van der Waals surface area contributed by atoms with E-state index in [1.54, 1.807) is 29.2 Å². The molecule has 2 saturated heterocycles. The van der Waals surface area contributed by atoms with E-state index in [0.717, 1.165) is 69.4 Å². The number of amides is 2. The Labute approximate surface area is 252 Å². The number of nitrogens with zero attached hydrogens (tertiary/aromatic N) is 3. The summed E-state index contributed by atoms with van der Waals surface area (Å²) in [6, 6.07) is 18.2. The number of halogens is 2. The van der Waals surface area contributed by atoms with E-state index in [2.05, 4.69) is 11.0 Å². The molecule has 2 aliphatic heterocycles. The average molecular weight is 590 g/mol. The van der Waals surface area contributed by atoms with Crippen molar-refractivity contribution < 1.29 is 18.7 Å². The molecule has 3 aromatic carbocycles. The molecule has 6 nitrogen and oxygen atoms in total. The average Bonchev–Trinajstić information content (AvgIpc) is 3.62. The van der Waals surface area contributed by atoms with Gasteiger partial charge in [0.25, 0.3) is 11.8 Å². The first kappa shape index (κ1) is 28.7. The van der Waals surface area contributed by atoms with Gasteiger partial charge in [0.05, 0.1) is 23.7 Å². The number of methoxy groups -OCH3 is 1. The van der Waals surface area contributed by atoms with Crippen LogP contribution >= 0.6 is 11.6 Å². The highest BCUT2D eigenvalue weighted by Crippen LogP contribution is 2.42. The van der Waals surface area contributed by atoms with Gasteiger partial charge in [-0.2, -0.15) is 0 Å². The van der Waals surface area contributed by atoms with Gasteiger partial charge in [-0.15, -0.1) is 0 Å². The summed E-state index contributed by atoms with van der Waals surface area (Å²) >= 11 is 6.31. The van der Waals surface area contributed by atoms with Crippen LogP contribution in [0.2, 0.25) is 5.02 Å². The number of benzene rings is 3. The number of rotatable bonds is 6. The molecule has 0 aromatic heterocycles. The number of carbonyl (C=O) groups excluding carboxylic acids is 2. The fourth-order valence-corrected chi connectivity index (χ4v) is 7.25. The zero-order chi connectivity index (χ0) is 29.4. The van der Waals surface area contributed by atoms with Gasteiger partial charge in [-0.3, -0.25) is 14.5 Å². The van der Waals surface area contributed by atoms with Gasteiger partial charge in [-0.25, -0.2) is 4.39 Å². The highest BCUT2D eigenvalue weighted by molar-refractivity contribution is 6.33. The molecule has 2 heterocycles. The van der Waals surface area contributed by atoms with Crippen molar-refractivity contribution in [3.05, 3.63) is 99.3 Å². The minimum atomic E-state index is -0.329. The lowest BCUT2D eigenvalue weighted by Gasteiger charge is -2.39. The van der Waals surface area contributed by atoms with E-state index in [0.29, 0.717) is 22.7 Å². The minimum absolute atomic E-state index is 0.0662. The third-order valence-electron chi connectivity index (χ3n) is 9.60. The van der Waals surface area contributed by atoms with Crippen molar-refractivity contribution in [2.45, 2.75) is 44.7 Å². The Morgan fingerprint density at radius 3 is 2.55 bits per heavy atom. The van der Waals surface area contributed by atoms with Gasteiger partial charge >= 0.3 is 0 Å². The molecule has 1 aliphatic carbocycles. The Morgan fingerprint density at radius 1 is 1.05 bits per heavy atom. The van der Waals surface area contributed by atoms with Crippen LogP contribution < -0.4 is 4.74 Å². The van der Waals surface area contributed by atoms with E-state index in [4.69, 9.17) is 16.3 Å². The Kier molecular flexibility index (Phi) is 7.99. The molecule has 2 fully saturated rings. The SMILES string of the molecule is COc1ccc(CN2CCC3(CC2)CCN(C(=O)c2ccc4c(c2)C(N(C)C(=O)c2ccccc2Cl)CC4)C3)cc1F. The summed E-state index contributed by atoms with van der Waals surface area (Å²) in [5.41, 5.74) is 4.51. The number of ether oxygens (including phenoxy) is 1. The second kappa shape index (κ2) is 11.7. The predicted octanol–water partition coefficient (Wildman–Crippen LogP) is 6.38. The van der Waals surface area contributed by atoms with Crippen LogP contribution in [0.15, 0.2) is 60.7 Å². The first-order chi connectivity index (χ1) is 20.3. The van der Waals surface area contributed by atoms with E-state index in [1.165, 1.54) is 12.7 Å². The van der Waals surface area contributed by atoms with Crippen LogP contribution in [0.4, 0.5) is 4.39 Å². The van der Waals surface area contributed by atoms with E-state index < -0.39 is 0 Å². The van der Waals surface area contributed by atoms with Crippen LogP contribution in [0.1, 0.15) is 69.1 Å². The van der Waals surface area contributed by atoms with Crippen molar-refractivity contribution in [1.29, 1.82) is 0 Å². The largest absolute Gasteiger partial charge is 0.494 e. The summed E-state index contributed by atoms with van der Waals surface area (Å²) in [5, 5.41) is 0.444. The second-order valence-corrected chi connectivity index (χ2v) is 12.5. The number of hydrogen-bond acceptors (Lipinski definition) is 4. The molecule has 1 atom stereocenters. The lowest BCUT2D eigenvalue weighted by molar-refractivity contribution is 0.0713. The molecule has 3 aromatic rings. The number of aryl methyl sites for hydroxylation is 1. The zero-order valence-corrected chi connectivity index (χ0v) is 25.0. The van der Waals surface area contributed by atoms with Crippen LogP contribution in [0.3, 0.4) is 0 Å². The van der Waals surface area contributed by atoms with Gasteiger partial charge in [-0.1, -0.05) is 35.9 Å². The third-order valence-corrected chi connectivity index (χ3v) is 9.93. The van der Waals surface area contributed by atoms with Gasteiger partial charge in [0.1, 0.15) is 0 Å². The van der Waals surface area contributed by atoms with Crippen LogP contribution in [-0.2, 0) is 13.0 Å². The molecule has 2 amide bonds. The standard InChI is InChI=1S/C34H37ClFN3O3/c1-37(33(41)26-5-3-4-6-28(26)35)30-11-10-24-8-9-25(20-27(24)30)32(40)39-18-15-34(22-39)13-16-38(17-14-34)21-23-7-12-31(42-2)29(36)19-23/h3-9,12,19-20,30H,10-11,13-18,21-22H2,1-2H3. The van der Waals surface area contributed by atoms with E-state index in [-0.39, 0.29) is 34.8 Å². The smallest absolute Gasteiger partial charge is 0.255 e. The van der Waals surface area contributed by atoms with Gasteiger partial charge in [0.2, 0.25) is 0 Å². The summed E-state index contributed by atoms with van der Waals surface area (Å²) in [6.07, 6.45) is 4.76. The van der Waals surface area contributed by atoms with Crippen LogP contribution in [0.25, 0.3) is 0 Å². The molecule has 1 unspecified atom stereocenters. The molecule has 42 heavy (non-hydrogen) atoms. The molecular formula is C34H37ClFN3O3. The first-order valence-corrected chi connectivity index (χ1v) is 15.1. The Morgan fingerprint density at radius 2 is 1.81 bits per heavy atom. The summed E-state index contributed by atoms with van der Waals surface area (Å²) in [4.78, 5) is 33.1. The number of likely N-dealkylation sites (tertiary alicyclic amines) is 2. The van der Waals surface area contributed by atoms with Crippen molar-refractivity contribution in [2.24, 2.45) is 5.41 Å². The number of hydrogen-bond donors (Lipinski definition) is 0. The molecule has 3 aliphatic rings. The molecule has 220 valence electrons. The van der Waals surface area contributed by atoms with Gasteiger partial charge in [-0.05, 0) is 104 Å². The van der Waals surface area contributed by atoms with Gasteiger partial charge < -0.3 is 14.5 Å². The molecule has 0 radical (unpaired) electrons. The quantitative estimate of drug-likeness (QED) is 0.335. The van der Waals surface area contributed by atoms with Crippen molar-refractivity contribution in [3.8, 4) is 5.75 Å². The molecular weight excluding hydrogens is 553 g/mol. The van der Waals surface area contributed by atoms with Crippen LogP contribution in [0, 0.1) is 11.2 Å². The number of fused-ring (bicyclic) bond motifs is 1. The predicted molar refractivity (Wildman–Crippen MR) is 161 cm³/mol. The summed E-state index contributed by atoms with van der Waals surface area (Å²) < 4.78 is 19.2. The fourth-order valence-electron chi connectivity index (χ4n) is 7.03. The highest BCUT2D eigenvalue weighted by atomic mass is 35.5. The molecule has 0 bridgehead atoms. The molecule has 1 spiro atoms. The lowest BCUT2D eigenvalue weighted by Crippen LogP contribution is -2.42. The second-order valence-electron chi connectivity index (χ2n) is 12.1. The van der Waals surface area contributed by atoms with Crippen LogP contribution in [-0.4, -0.2) is 66.9 Å². The maximum absolute atomic E-state index is 14.2. The van der Waals surface area contributed by atoms with E-state index in [1.807, 2.05) is 42.3 Å². The first-order valence-electron chi connectivity index (χ1n) is 14.8. The Bertz CT molecular complexity index is 1500. The Hall–Kier alpha value is -3.42. The normalized spacial score (nSPS) is 19.6. The fraction of sp³-hybridized carbons (Fsp3) is 0.412. The number of piperidine rings is 1. The zero-order valence-electron chi connectivity index (χ0n) is 24.2. The topological polar surface area (TPSA) is 53.1 Å². The van der Waals surface area contributed by atoms with Crippen molar-refractivity contribution in [2.75, 3.05) is 40.3 Å². The summed E-state index contributed by atoms with van der Waals surface area (Å²) in [5.74, 6) is -0.106. The molecule has 0 N–H and O–H groups in total. The van der Waals surface area contributed by atoms with Gasteiger partial charge in [0.15, 0.2) is 11.6 Å². The summed E-state index contributed by atoms with van der Waals surface area (Å²) in [7, 11) is 3.30. The molecule has 8 heteroatoms. The van der Waals surface area contributed by atoms with E-state index >= 15 is 0 Å².